The third kappa shape index (κ3) is 3.72. The summed E-state index contributed by atoms with van der Waals surface area (Å²) in [7, 11) is 0. The fourth-order valence-corrected chi connectivity index (χ4v) is 4.42. The van der Waals surface area contributed by atoms with E-state index in [1.54, 1.807) is 53.5 Å². The number of oxime groups is 1. The summed E-state index contributed by atoms with van der Waals surface area (Å²) in [5.41, 5.74) is 2.51. The zero-order valence-corrected chi connectivity index (χ0v) is 18.0. The minimum absolute atomic E-state index is 0.237. The van der Waals surface area contributed by atoms with Crippen molar-refractivity contribution in [1.82, 2.24) is 0 Å². The Morgan fingerprint density at radius 2 is 1.56 bits per heavy atom. The van der Waals surface area contributed by atoms with Crippen LogP contribution in [0.2, 0.25) is 5.02 Å². The minimum atomic E-state index is -0.603. The highest BCUT2D eigenvalue weighted by Gasteiger charge is 2.38. The number of hydrogen-bond acceptors (Lipinski definition) is 7. The summed E-state index contributed by atoms with van der Waals surface area (Å²) in [5, 5.41) is 11.3. The van der Waals surface area contributed by atoms with Crippen LogP contribution in [0.4, 0.5) is 5.69 Å². The van der Waals surface area contributed by atoms with Gasteiger partial charge in [-0.15, -0.1) is 0 Å². The molecular weight excluding hydrogens is 446 g/mol. The summed E-state index contributed by atoms with van der Waals surface area (Å²) in [5.74, 6) is -0.844. The quantitative estimate of drug-likeness (QED) is 0.302. The van der Waals surface area contributed by atoms with Crippen molar-refractivity contribution < 1.29 is 14.4 Å². The molecule has 5 rings (SSSR count). The van der Waals surface area contributed by atoms with Crippen molar-refractivity contribution in [2.24, 2.45) is 10.3 Å². The highest BCUT2D eigenvalue weighted by atomic mass is 35.5. The van der Waals surface area contributed by atoms with Crippen LogP contribution in [-0.2, 0) is 9.63 Å². The van der Waals surface area contributed by atoms with E-state index in [2.05, 4.69) is 10.3 Å². The molecule has 0 N–H and O–H groups in total. The van der Waals surface area contributed by atoms with Crippen LogP contribution < -0.4 is 5.01 Å². The SMILES string of the molecule is O=C1ON=C(c2ccccc2)C1=C1SC(C(=O)c2ccccc2)=NN1c1ccc(Cl)cc1. The highest BCUT2D eigenvalue weighted by molar-refractivity contribution is 8.19. The molecule has 0 fully saturated rings. The van der Waals surface area contributed by atoms with Gasteiger partial charge < -0.3 is 4.84 Å². The van der Waals surface area contributed by atoms with Gasteiger partial charge in [0, 0.05) is 16.1 Å². The molecule has 2 aliphatic heterocycles. The second-order valence-corrected chi connectivity index (χ2v) is 8.27. The summed E-state index contributed by atoms with van der Waals surface area (Å²) in [6.45, 7) is 0. The zero-order valence-electron chi connectivity index (χ0n) is 16.4. The molecule has 0 saturated heterocycles. The van der Waals surface area contributed by atoms with Crippen LogP contribution in [0.3, 0.4) is 0 Å². The molecule has 156 valence electrons. The second kappa shape index (κ2) is 8.45. The van der Waals surface area contributed by atoms with Crippen LogP contribution in [0.1, 0.15) is 15.9 Å². The predicted octanol–water partition coefficient (Wildman–Crippen LogP) is 5.26. The van der Waals surface area contributed by atoms with Gasteiger partial charge in [-0.1, -0.05) is 77.4 Å². The Morgan fingerprint density at radius 1 is 0.906 bits per heavy atom. The molecule has 2 heterocycles. The number of benzene rings is 3. The molecule has 0 amide bonds. The first-order valence-electron chi connectivity index (χ1n) is 9.63. The standard InChI is InChI=1S/C24H14ClN3O3S/c25-17-11-13-18(14-12-17)28-23(32-22(26-28)21(29)16-9-5-2-6-10-16)19-20(27-31-24(19)30)15-7-3-1-4-8-15/h1-14H. The van der Waals surface area contributed by atoms with Crippen LogP contribution in [-0.4, -0.2) is 22.5 Å². The van der Waals surface area contributed by atoms with Gasteiger partial charge in [-0.25, -0.2) is 9.80 Å². The Labute approximate surface area is 192 Å². The second-order valence-electron chi connectivity index (χ2n) is 6.86. The van der Waals surface area contributed by atoms with E-state index < -0.39 is 5.97 Å². The first-order valence-corrected chi connectivity index (χ1v) is 10.8. The molecule has 0 atom stereocenters. The molecule has 0 spiro atoms. The molecule has 0 bridgehead atoms. The summed E-state index contributed by atoms with van der Waals surface area (Å²) in [6.07, 6.45) is 0. The smallest absolute Gasteiger partial charge is 0.312 e. The number of Topliss-reactive ketones (excluding diaryl/α,β-unsaturated/α-hetero) is 1. The van der Waals surface area contributed by atoms with E-state index in [4.69, 9.17) is 16.4 Å². The van der Waals surface area contributed by atoms with Crippen LogP contribution in [0.5, 0.6) is 0 Å². The summed E-state index contributed by atoms with van der Waals surface area (Å²) in [4.78, 5) is 30.9. The van der Waals surface area contributed by atoms with E-state index in [0.29, 0.717) is 27.0 Å². The van der Waals surface area contributed by atoms with Crippen LogP contribution in [0, 0.1) is 0 Å². The molecule has 2 aliphatic rings. The molecule has 6 nitrogen and oxygen atoms in total. The first-order chi connectivity index (χ1) is 15.6. The van der Waals surface area contributed by atoms with E-state index >= 15 is 0 Å². The van der Waals surface area contributed by atoms with Gasteiger partial charge >= 0.3 is 5.97 Å². The minimum Gasteiger partial charge on any atom is -0.312 e. The average molecular weight is 460 g/mol. The Kier molecular flexibility index (Phi) is 5.34. The van der Waals surface area contributed by atoms with Crippen molar-refractivity contribution in [1.29, 1.82) is 0 Å². The Morgan fingerprint density at radius 3 is 2.25 bits per heavy atom. The Bertz CT molecular complexity index is 1300. The largest absolute Gasteiger partial charge is 0.370 e. The van der Waals surface area contributed by atoms with Crippen molar-refractivity contribution in [3.8, 4) is 0 Å². The fraction of sp³-hybridized carbons (Fsp3) is 0. The lowest BCUT2D eigenvalue weighted by Gasteiger charge is -2.17. The lowest BCUT2D eigenvalue weighted by molar-refractivity contribution is -0.136. The number of rotatable bonds is 4. The van der Waals surface area contributed by atoms with Crippen molar-refractivity contribution in [3.05, 3.63) is 112 Å². The number of nitrogens with zero attached hydrogens (tertiary/aromatic N) is 3. The summed E-state index contributed by atoms with van der Waals surface area (Å²) < 4.78 is 0. The number of halogens is 1. The lowest BCUT2D eigenvalue weighted by atomic mass is 10.0. The number of hydrogen-bond donors (Lipinski definition) is 0. The first kappa shape index (κ1) is 20.2. The van der Waals surface area contributed by atoms with Crippen molar-refractivity contribution in [2.45, 2.75) is 0 Å². The van der Waals surface area contributed by atoms with Gasteiger partial charge in [-0.3, -0.25) is 4.79 Å². The molecular formula is C24H14ClN3O3S. The van der Waals surface area contributed by atoms with Crippen molar-refractivity contribution in [2.75, 3.05) is 5.01 Å². The van der Waals surface area contributed by atoms with Crippen LogP contribution >= 0.6 is 23.4 Å². The normalized spacial score (nSPS) is 17.8. The molecule has 8 heteroatoms. The maximum absolute atomic E-state index is 13.1. The number of carbonyl (C=O) groups excluding carboxylic acids is 2. The van der Waals surface area contributed by atoms with E-state index in [1.807, 2.05) is 36.4 Å². The van der Waals surface area contributed by atoms with E-state index in [0.717, 1.165) is 17.3 Å². The molecule has 0 saturated carbocycles. The van der Waals surface area contributed by atoms with Crippen molar-refractivity contribution in [3.63, 3.8) is 0 Å². The number of carbonyl (C=O) groups is 2. The number of hydrazone groups is 1. The molecule has 3 aromatic carbocycles. The predicted molar refractivity (Wildman–Crippen MR) is 126 cm³/mol. The van der Waals surface area contributed by atoms with Gasteiger partial charge in [0.25, 0.3) is 0 Å². The molecule has 0 aliphatic carbocycles. The zero-order chi connectivity index (χ0) is 22.1. The van der Waals surface area contributed by atoms with Crippen LogP contribution in [0.15, 0.2) is 106 Å². The third-order valence-electron chi connectivity index (χ3n) is 4.80. The maximum Gasteiger partial charge on any atom is 0.370 e. The lowest BCUT2D eigenvalue weighted by Crippen LogP contribution is -2.18. The average Bonchev–Trinajstić information content (AvgIpc) is 3.44. The van der Waals surface area contributed by atoms with Gasteiger partial charge in [-0.05, 0) is 36.0 Å². The Balaban J connectivity index is 1.63. The topological polar surface area (TPSA) is 71.3 Å². The van der Waals surface area contributed by atoms with E-state index in [-0.39, 0.29) is 16.4 Å². The molecule has 32 heavy (non-hydrogen) atoms. The van der Waals surface area contributed by atoms with Gasteiger partial charge in [0.05, 0.1) is 5.69 Å². The Hall–Kier alpha value is -3.68. The van der Waals surface area contributed by atoms with Gasteiger partial charge in [0.15, 0.2) is 5.04 Å². The van der Waals surface area contributed by atoms with Gasteiger partial charge in [-0.2, -0.15) is 5.10 Å². The van der Waals surface area contributed by atoms with E-state index in [1.165, 1.54) is 0 Å². The van der Waals surface area contributed by atoms with Gasteiger partial charge in [0.2, 0.25) is 5.78 Å². The van der Waals surface area contributed by atoms with Gasteiger partial charge in [0.1, 0.15) is 16.3 Å². The highest BCUT2D eigenvalue weighted by Crippen LogP contribution is 2.40. The monoisotopic (exact) mass is 459 g/mol. The van der Waals surface area contributed by atoms with Crippen molar-refractivity contribution >= 4 is 51.6 Å². The summed E-state index contributed by atoms with van der Waals surface area (Å²) in [6, 6.07) is 25.1. The number of ketones is 1. The third-order valence-corrected chi connectivity index (χ3v) is 6.08. The number of anilines is 1. The maximum atomic E-state index is 13.1. The summed E-state index contributed by atoms with van der Waals surface area (Å²) >= 11 is 7.16. The molecule has 0 aromatic heterocycles. The fourth-order valence-electron chi connectivity index (χ4n) is 3.27. The molecule has 0 unspecified atom stereocenters. The molecule has 3 aromatic rings. The number of thioether (sulfide) groups is 1. The molecule has 0 radical (unpaired) electrons. The van der Waals surface area contributed by atoms with E-state index in [9.17, 15) is 9.59 Å². The van der Waals surface area contributed by atoms with Crippen LogP contribution in [0.25, 0.3) is 0 Å².